The number of likely N-dealkylation sites (tertiary alicyclic amines) is 1. The van der Waals surface area contributed by atoms with Gasteiger partial charge in [0.15, 0.2) is 0 Å². The molecule has 0 saturated carbocycles. The number of carbonyl (C=O) groups is 2. The maximum atomic E-state index is 12.1. The lowest BCUT2D eigenvalue weighted by Crippen LogP contribution is -2.44. The largest absolute Gasteiger partial charge is 0.462 e. The van der Waals surface area contributed by atoms with Gasteiger partial charge in [-0.2, -0.15) is 0 Å². The van der Waals surface area contributed by atoms with Gasteiger partial charge in [0, 0.05) is 25.2 Å². The zero-order valence-corrected chi connectivity index (χ0v) is 16.7. The van der Waals surface area contributed by atoms with Crippen molar-refractivity contribution in [3.05, 3.63) is 33.9 Å². The molecular weight excluding hydrogens is 366 g/mol. The Kier molecular flexibility index (Phi) is 6.82. The molecule has 0 radical (unpaired) electrons. The van der Waals surface area contributed by atoms with Crippen LogP contribution in [-0.4, -0.2) is 53.2 Å². The molecule has 9 heteroatoms. The first-order chi connectivity index (χ1) is 13.1. The molecule has 154 valence electrons. The van der Waals surface area contributed by atoms with Crippen LogP contribution in [0.3, 0.4) is 0 Å². The fraction of sp³-hybridized carbons (Fsp3) is 0.579. The zero-order valence-electron chi connectivity index (χ0n) is 16.7. The van der Waals surface area contributed by atoms with Crippen molar-refractivity contribution in [2.24, 2.45) is 0 Å². The van der Waals surface area contributed by atoms with E-state index in [4.69, 9.17) is 9.47 Å². The van der Waals surface area contributed by atoms with Gasteiger partial charge in [0.2, 0.25) is 0 Å². The van der Waals surface area contributed by atoms with Gasteiger partial charge >= 0.3 is 12.1 Å². The number of esters is 1. The molecule has 0 atom stereocenters. The SMILES string of the molecule is CCOC(=O)c1ccc(NC2CCN(C(=O)OC(C)(C)C)CC2)c([N+](=O)[O-])c1. The Bertz CT molecular complexity index is 736. The number of nitrogens with zero attached hydrogens (tertiary/aromatic N) is 2. The van der Waals surface area contributed by atoms with E-state index >= 15 is 0 Å². The fourth-order valence-electron chi connectivity index (χ4n) is 2.90. The molecule has 1 heterocycles. The number of hydrogen-bond donors (Lipinski definition) is 1. The van der Waals surface area contributed by atoms with E-state index in [0.29, 0.717) is 31.6 Å². The van der Waals surface area contributed by atoms with E-state index in [1.807, 2.05) is 20.8 Å². The predicted molar refractivity (Wildman–Crippen MR) is 104 cm³/mol. The van der Waals surface area contributed by atoms with E-state index in [1.54, 1.807) is 11.8 Å². The Morgan fingerprint density at radius 1 is 1.29 bits per heavy atom. The Morgan fingerprint density at radius 2 is 1.93 bits per heavy atom. The second-order valence-corrected chi connectivity index (χ2v) is 7.60. The van der Waals surface area contributed by atoms with Crippen LogP contribution in [0.25, 0.3) is 0 Å². The minimum Gasteiger partial charge on any atom is -0.462 e. The molecule has 0 aliphatic carbocycles. The van der Waals surface area contributed by atoms with Gasteiger partial charge in [0.25, 0.3) is 5.69 Å². The summed E-state index contributed by atoms with van der Waals surface area (Å²) in [6.07, 6.45) is 0.919. The van der Waals surface area contributed by atoms with Crippen molar-refractivity contribution >= 4 is 23.4 Å². The van der Waals surface area contributed by atoms with Crippen molar-refractivity contribution in [1.82, 2.24) is 4.90 Å². The molecule has 1 amide bonds. The molecule has 0 bridgehead atoms. The number of hydrogen-bond acceptors (Lipinski definition) is 7. The van der Waals surface area contributed by atoms with Gasteiger partial charge in [-0.25, -0.2) is 9.59 Å². The van der Waals surface area contributed by atoms with Crippen molar-refractivity contribution < 1.29 is 24.0 Å². The standard InChI is InChI=1S/C19H27N3O6/c1-5-27-17(23)13-6-7-15(16(12-13)22(25)26)20-14-8-10-21(11-9-14)18(24)28-19(2,3)4/h6-7,12,14,20H,5,8-11H2,1-4H3. The van der Waals surface area contributed by atoms with Crippen LogP contribution in [0.15, 0.2) is 18.2 Å². The lowest BCUT2D eigenvalue weighted by molar-refractivity contribution is -0.384. The molecular formula is C19H27N3O6. The summed E-state index contributed by atoms with van der Waals surface area (Å²) in [4.78, 5) is 36.5. The smallest absolute Gasteiger partial charge is 0.410 e. The van der Waals surface area contributed by atoms with Crippen molar-refractivity contribution in [2.45, 2.75) is 52.2 Å². The maximum absolute atomic E-state index is 12.1. The van der Waals surface area contributed by atoms with Crippen LogP contribution in [0.1, 0.15) is 50.9 Å². The summed E-state index contributed by atoms with van der Waals surface area (Å²) in [6, 6.07) is 4.22. The van der Waals surface area contributed by atoms with Crippen molar-refractivity contribution in [1.29, 1.82) is 0 Å². The quantitative estimate of drug-likeness (QED) is 0.462. The first-order valence-corrected chi connectivity index (χ1v) is 9.30. The Hall–Kier alpha value is -2.84. The number of nitro benzene ring substituents is 1. The molecule has 1 aliphatic rings. The topological polar surface area (TPSA) is 111 Å². The highest BCUT2D eigenvalue weighted by Gasteiger charge is 2.28. The summed E-state index contributed by atoms with van der Waals surface area (Å²) < 4.78 is 10.3. The fourth-order valence-corrected chi connectivity index (χ4v) is 2.90. The van der Waals surface area contributed by atoms with Gasteiger partial charge in [-0.1, -0.05) is 0 Å². The summed E-state index contributed by atoms with van der Waals surface area (Å²) in [6.45, 7) is 8.33. The second-order valence-electron chi connectivity index (χ2n) is 7.60. The first-order valence-electron chi connectivity index (χ1n) is 9.30. The van der Waals surface area contributed by atoms with Crippen LogP contribution in [0.2, 0.25) is 0 Å². The third-order valence-corrected chi connectivity index (χ3v) is 4.21. The monoisotopic (exact) mass is 393 g/mol. The van der Waals surface area contributed by atoms with E-state index in [-0.39, 0.29) is 30.0 Å². The summed E-state index contributed by atoms with van der Waals surface area (Å²) in [5, 5.41) is 14.6. The van der Waals surface area contributed by atoms with Gasteiger partial charge in [-0.3, -0.25) is 10.1 Å². The molecule has 1 N–H and O–H groups in total. The first kappa shape index (κ1) is 21.5. The summed E-state index contributed by atoms with van der Waals surface area (Å²) in [5.74, 6) is -0.595. The number of anilines is 1. The molecule has 0 unspecified atom stereocenters. The highest BCUT2D eigenvalue weighted by Crippen LogP contribution is 2.28. The Balaban J connectivity index is 2.01. The number of benzene rings is 1. The van der Waals surface area contributed by atoms with Gasteiger partial charge < -0.3 is 19.7 Å². The molecule has 1 aliphatic heterocycles. The minimum absolute atomic E-state index is 0.0224. The molecule has 9 nitrogen and oxygen atoms in total. The third-order valence-electron chi connectivity index (χ3n) is 4.21. The highest BCUT2D eigenvalue weighted by atomic mass is 16.6. The van der Waals surface area contributed by atoms with E-state index in [9.17, 15) is 19.7 Å². The van der Waals surface area contributed by atoms with Crippen molar-refractivity contribution in [3.8, 4) is 0 Å². The molecule has 1 saturated heterocycles. The van der Waals surface area contributed by atoms with E-state index < -0.39 is 16.5 Å². The summed E-state index contributed by atoms with van der Waals surface area (Å²) in [7, 11) is 0. The lowest BCUT2D eigenvalue weighted by atomic mass is 10.0. The number of amides is 1. The van der Waals surface area contributed by atoms with Crippen molar-refractivity contribution in [3.63, 3.8) is 0 Å². The maximum Gasteiger partial charge on any atom is 0.410 e. The average Bonchev–Trinajstić information content (AvgIpc) is 2.61. The van der Waals surface area contributed by atoms with Crippen LogP contribution < -0.4 is 5.32 Å². The Labute approximate surface area is 164 Å². The summed E-state index contributed by atoms with van der Waals surface area (Å²) >= 11 is 0. The van der Waals surface area contributed by atoms with Crippen LogP contribution in [0.5, 0.6) is 0 Å². The predicted octanol–water partition coefficient (Wildman–Crippen LogP) is 3.58. The van der Waals surface area contributed by atoms with E-state index in [2.05, 4.69) is 5.32 Å². The van der Waals surface area contributed by atoms with Crippen LogP contribution in [0, 0.1) is 10.1 Å². The molecule has 0 aromatic heterocycles. The van der Waals surface area contributed by atoms with E-state index in [0.717, 1.165) is 0 Å². The molecule has 1 aromatic rings. The van der Waals surface area contributed by atoms with Gasteiger partial charge in [0.05, 0.1) is 17.1 Å². The zero-order chi connectivity index (χ0) is 20.9. The van der Waals surface area contributed by atoms with Crippen molar-refractivity contribution in [2.75, 3.05) is 25.0 Å². The van der Waals surface area contributed by atoms with Gasteiger partial charge in [-0.05, 0) is 52.7 Å². The van der Waals surface area contributed by atoms with Gasteiger partial charge in [0.1, 0.15) is 11.3 Å². The number of nitro groups is 1. The van der Waals surface area contributed by atoms with E-state index in [1.165, 1.54) is 18.2 Å². The molecule has 2 rings (SSSR count). The third kappa shape index (κ3) is 5.83. The normalized spacial score (nSPS) is 15.1. The van der Waals surface area contributed by atoms with Gasteiger partial charge in [-0.15, -0.1) is 0 Å². The average molecular weight is 393 g/mol. The van der Waals surface area contributed by atoms with Crippen LogP contribution in [-0.2, 0) is 9.47 Å². The molecule has 0 spiro atoms. The van der Waals surface area contributed by atoms with Crippen LogP contribution in [0.4, 0.5) is 16.2 Å². The number of piperidine rings is 1. The number of carbonyl (C=O) groups excluding carboxylic acids is 2. The molecule has 1 aromatic carbocycles. The Morgan fingerprint density at radius 3 is 2.46 bits per heavy atom. The molecule has 1 fully saturated rings. The minimum atomic E-state index is -0.595. The number of rotatable bonds is 5. The highest BCUT2D eigenvalue weighted by molar-refractivity contribution is 5.91. The van der Waals surface area contributed by atoms with Crippen LogP contribution >= 0.6 is 0 Å². The lowest BCUT2D eigenvalue weighted by Gasteiger charge is -2.34. The summed E-state index contributed by atoms with van der Waals surface area (Å²) in [5.41, 5.74) is -0.249. The second kappa shape index (κ2) is 8.90. The molecule has 28 heavy (non-hydrogen) atoms. The number of nitrogens with one attached hydrogen (secondary N) is 1. The number of ether oxygens (including phenoxy) is 2.